The highest BCUT2D eigenvalue weighted by molar-refractivity contribution is 6.04. The summed E-state index contributed by atoms with van der Waals surface area (Å²) in [6, 6.07) is 13.5. The van der Waals surface area contributed by atoms with Gasteiger partial charge in [0.2, 0.25) is 5.89 Å². The van der Waals surface area contributed by atoms with Gasteiger partial charge in [0.15, 0.2) is 0 Å². The van der Waals surface area contributed by atoms with Crippen LogP contribution in [-0.2, 0) is 0 Å². The molecule has 0 fully saturated rings. The molecule has 0 saturated carbocycles. The predicted molar refractivity (Wildman–Crippen MR) is 92.9 cm³/mol. The van der Waals surface area contributed by atoms with Crippen molar-refractivity contribution >= 4 is 23.0 Å². The molecule has 1 amide bonds. The molecule has 0 radical (unpaired) electrons. The highest BCUT2D eigenvalue weighted by atomic mass is 16.4. The first kappa shape index (κ1) is 15.5. The lowest BCUT2D eigenvalue weighted by Gasteiger charge is -2.02. The summed E-state index contributed by atoms with van der Waals surface area (Å²) in [5.41, 5.74) is 0.175. The largest absolute Gasteiger partial charge is 0.403 e. The molecule has 3 N–H and O–H groups in total. The van der Waals surface area contributed by atoms with Crippen molar-refractivity contribution in [1.29, 1.82) is 0 Å². The number of carbonyl (C=O) groups excluding carboxylic acids is 1. The van der Waals surface area contributed by atoms with Gasteiger partial charge >= 0.3 is 17.1 Å². The van der Waals surface area contributed by atoms with Crippen LogP contribution in [0.25, 0.3) is 22.5 Å². The van der Waals surface area contributed by atoms with E-state index in [0.29, 0.717) is 11.0 Å². The molecule has 0 aliphatic carbocycles. The Morgan fingerprint density at radius 3 is 2.42 bits per heavy atom. The molecule has 0 spiro atoms. The zero-order valence-electron chi connectivity index (χ0n) is 13.1. The molecule has 2 heterocycles. The maximum absolute atomic E-state index is 12.4. The van der Waals surface area contributed by atoms with E-state index in [1.54, 1.807) is 12.1 Å². The molecule has 0 unspecified atom stereocenters. The lowest BCUT2D eigenvalue weighted by Crippen LogP contribution is -2.29. The van der Waals surface area contributed by atoms with Gasteiger partial charge in [-0.3, -0.25) is 19.7 Å². The van der Waals surface area contributed by atoms with Crippen LogP contribution in [0.5, 0.6) is 0 Å². The summed E-state index contributed by atoms with van der Waals surface area (Å²) in [4.78, 5) is 39.9. The van der Waals surface area contributed by atoms with E-state index in [9.17, 15) is 14.4 Å². The van der Waals surface area contributed by atoms with Crippen molar-refractivity contribution in [3.05, 3.63) is 74.8 Å². The van der Waals surface area contributed by atoms with Crippen LogP contribution in [0.2, 0.25) is 0 Å². The third-order valence-corrected chi connectivity index (χ3v) is 3.65. The summed E-state index contributed by atoms with van der Waals surface area (Å²) in [5.74, 6) is -0.219. The number of rotatable bonds is 3. The van der Waals surface area contributed by atoms with E-state index in [-0.39, 0.29) is 17.5 Å². The third-order valence-electron chi connectivity index (χ3n) is 3.65. The summed E-state index contributed by atoms with van der Waals surface area (Å²) in [6.45, 7) is 0. The Bertz CT molecular complexity index is 1220. The zero-order valence-corrected chi connectivity index (χ0v) is 13.1. The van der Waals surface area contributed by atoms with Gasteiger partial charge in [0, 0.05) is 11.1 Å². The minimum atomic E-state index is -0.792. The van der Waals surface area contributed by atoms with Crippen LogP contribution in [0.15, 0.2) is 62.5 Å². The Kier molecular flexibility index (Phi) is 3.66. The number of carbonyl (C=O) groups is 1. The van der Waals surface area contributed by atoms with Crippen LogP contribution in [-0.4, -0.2) is 26.1 Å². The maximum Gasteiger partial charge on any atom is 0.322 e. The summed E-state index contributed by atoms with van der Waals surface area (Å²) < 4.78 is 5.42. The van der Waals surface area contributed by atoms with Gasteiger partial charge in [0.1, 0.15) is 0 Å². The SMILES string of the molecule is O=C(Nc1nnc(-c2ccccc2)o1)c1ccc2[nH]c(=O)c(=O)[nH]c2c1. The van der Waals surface area contributed by atoms with Gasteiger partial charge < -0.3 is 14.4 Å². The number of fused-ring (bicyclic) bond motifs is 1. The quantitative estimate of drug-likeness (QED) is 0.480. The monoisotopic (exact) mass is 349 g/mol. The Balaban J connectivity index is 1.60. The van der Waals surface area contributed by atoms with E-state index in [1.807, 2.05) is 18.2 Å². The Morgan fingerprint density at radius 1 is 0.923 bits per heavy atom. The average molecular weight is 349 g/mol. The van der Waals surface area contributed by atoms with Crippen LogP contribution >= 0.6 is 0 Å². The third kappa shape index (κ3) is 2.88. The van der Waals surface area contributed by atoms with Crippen molar-refractivity contribution in [2.75, 3.05) is 5.32 Å². The van der Waals surface area contributed by atoms with Crippen molar-refractivity contribution in [2.45, 2.75) is 0 Å². The van der Waals surface area contributed by atoms with Gasteiger partial charge in [-0.2, -0.15) is 0 Å². The van der Waals surface area contributed by atoms with Crippen molar-refractivity contribution in [1.82, 2.24) is 20.2 Å². The highest BCUT2D eigenvalue weighted by Crippen LogP contribution is 2.19. The van der Waals surface area contributed by atoms with Crippen LogP contribution in [0, 0.1) is 0 Å². The van der Waals surface area contributed by atoms with Crippen LogP contribution in [0.4, 0.5) is 6.01 Å². The summed E-state index contributed by atoms with van der Waals surface area (Å²) in [5, 5.41) is 10.2. The number of aromatic amines is 2. The topological polar surface area (TPSA) is 134 Å². The van der Waals surface area contributed by atoms with E-state index in [0.717, 1.165) is 5.56 Å². The van der Waals surface area contributed by atoms with Crippen LogP contribution < -0.4 is 16.4 Å². The lowest BCUT2D eigenvalue weighted by atomic mass is 10.2. The molecule has 0 atom stereocenters. The second kappa shape index (κ2) is 6.13. The number of hydrogen-bond donors (Lipinski definition) is 3. The molecule has 4 aromatic rings. The molecule has 0 aliphatic rings. The number of anilines is 1. The second-order valence-electron chi connectivity index (χ2n) is 5.40. The second-order valence-corrected chi connectivity index (χ2v) is 5.40. The molecule has 2 aromatic heterocycles. The molecule has 128 valence electrons. The van der Waals surface area contributed by atoms with Crippen molar-refractivity contribution in [2.24, 2.45) is 0 Å². The number of nitrogens with zero attached hydrogens (tertiary/aromatic N) is 2. The molecule has 26 heavy (non-hydrogen) atoms. The predicted octanol–water partition coefficient (Wildman–Crippen LogP) is 1.52. The first-order chi connectivity index (χ1) is 12.6. The smallest absolute Gasteiger partial charge is 0.322 e. The first-order valence-electron chi connectivity index (χ1n) is 7.57. The number of H-pyrrole nitrogens is 2. The first-order valence-corrected chi connectivity index (χ1v) is 7.57. The standard InChI is InChI=1S/C17H11N5O4/c23-13(10-6-7-11-12(8-10)19-15(25)14(24)18-11)20-17-22-21-16(26-17)9-4-2-1-3-5-9/h1-8H,(H,18,24)(H,19,25)(H,20,22,23). The van der Waals surface area contributed by atoms with Gasteiger partial charge in [-0.1, -0.05) is 23.3 Å². The Labute approximate surface area is 144 Å². The number of amides is 1. The minimum absolute atomic E-state index is 0.0519. The summed E-state index contributed by atoms with van der Waals surface area (Å²) in [7, 11) is 0. The number of nitrogens with one attached hydrogen (secondary N) is 3. The number of hydrogen-bond acceptors (Lipinski definition) is 6. The van der Waals surface area contributed by atoms with Crippen LogP contribution in [0.3, 0.4) is 0 Å². The molecule has 0 saturated heterocycles. The van der Waals surface area contributed by atoms with E-state index < -0.39 is 17.0 Å². The van der Waals surface area contributed by atoms with Crippen molar-refractivity contribution in [3.63, 3.8) is 0 Å². The fourth-order valence-electron chi connectivity index (χ4n) is 2.40. The normalized spacial score (nSPS) is 10.8. The van der Waals surface area contributed by atoms with E-state index in [1.165, 1.54) is 18.2 Å². The fraction of sp³-hybridized carbons (Fsp3) is 0. The Hall–Kier alpha value is -4.01. The molecule has 9 nitrogen and oxygen atoms in total. The Morgan fingerprint density at radius 2 is 1.65 bits per heavy atom. The number of benzene rings is 2. The van der Waals surface area contributed by atoms with Gasteiger partial charge in [-0.15, -0.1) is 5.10 Å². The average Bonchev–Trinajstić information content (AvgIpc) is 3.11. The molecule has 0 aliphatic heterocycles. The minimum Gasteiger partial charge on any atom is -0.403 e. The maximum atomic E-state index is 12.4. The van der Waals surface area contributed by atoms with Crippen molar-refractivity contribution in [3.8, 4) is 11.5 Å². The fourth-order valence-corrected chi connectivity index (χ4v) is 2.40. The van der Waals surface area contributed by atoms with E-state index >= 15 is 0 Å². The van der Waals surface area contributed by atoms with Crippen LogP contribution in [0.1, 0.15) is 10.4 Å². The van der Waals surface area contributed by atoms with Gasteiger partial charge in [-0.05, 0) is 30.3 Å². The van der Waals surface area contributed by atoms with Gasteiger partial charge in [0.05, 0.1) is 11.0 Å². The molecular formula is C17H11N5O4. The molecule has 2 aromatic carbocycles. The van der Waals surface area contributed by atoms with Gasteiger partial charge in [-0.25, -0.2) is 0 Å². The number of aromatic nitrogens is 4. The lowest BCUT2D eigenvalue weighted by molar-refractivity contribution is 0.102. The van der Waals surface area contributed by atoms with Gasteiger partial charge in [0.25, 0.3) is 5.91 Å². The molecular weight excluding hydrogens is 338 g/mol. The molecule has 9 heteroatoms. The van der Waals surface area contributed by atoms with E-state index in [4.69, 9.17) is 4.42 Å². The molecule has 4 rings (SSSR count). The van der Waals surface area contributed by atoms with E-state index in [2.05, 4.69) is 25.5 Å². The zero-order chi connectivity index (χ0) is 18.1. The molecule has 0 bridgehead atoms. The summed E-state index contributed by atoms with van der Waals surface area (Å²) >= 11 is 0. The summed E-state index contributed by atoms with van der Waals surface area (Å²) in [6.07, 6.45) is 0. The van der Waals surface area contributed by atoms with Crippen molar-refractivity contribution < 1.29 is 9.21 Å². The highest BCUT2D eigenvalue weighted by Gasteiger charge is 2.13.